The van der Waals surface area contributed by atoms with Crippen LogP contribution in [0, 0.1) is 0 Å². The fourth-order valence-electron chi connectivity index (χ4n) is 3.14. The second-order valence-corrected chi connectivity index (χ2v) is 7.75. The lowest BCUT2D eigenvalue weighted by atomic mass is 9.82. The summed E-state index contributed by atoms with van der Waals surface area (Å²) >= 11 is 2.31. The highest BCUT2D eigenvalue weighted by Gasteiger charge is 2.33. The first-order chi connectivity index (χ1) is 11.5. The van der Waals surface area contributed by atoms with Gasteiger partial charge < -0.3 is 0 Å². The number of hydrogen-bond donors (Lipinski definition) is 0. The van der Waals surface area contributed by atoms with E-state index in [1.54, 1.807) is 0 Å². The summed E-state index contributed by atoms with van der Waals surface area (Å²) in [6.45, 7) is 12.2. The average molecular weight is 428 g/mol. The number of rotatable bonds is 6. The molecule has 0 spiro atoms. The number of halogens is 1. The molecule has 2 rings (SSSR count). The molecule has 0 aliphatic heterocycles. The lowest BCUT2D eigenvalue weighted by Crippen LogP contribution is -2.15. The van der Waals surface area contributed by atoms with Crippen molar-refractivity contribution < 1.29 is 0 Å². The topological polar surface area (TPSA) is 0 Å². The van der Waals surface area contributed by atoms with Gasteiger partial charge in [0.1, 0.15) is 0 Å². The molecule has 0 bridgehead atoms. The molecule has 0 fully saturated rings. The molecule has 0 amide bonds. The third-order valence-electron chi connectivity index (χ3n) is 4.47. The van der Waals surface area contributed by atoms with Crippen LogP contribution in [0.5, 0.6) is 0 Å². The highest BCUT2D eigenvalue weighted by Crippen LogP contribution is 2.42. The van der Waals surface area contributed by atoms with E-state index in [-0.39, 0.29) is 5.41 Å². The van der Waals surface area contributed by atoms with Crippen LogP contribution < -0.4 is 0 Å². The first kappa shape index (κ1) is 18.7. The molecule has 0 N–H and O–H groups in total. The van der Waals surface area contributed by atoms with Crippen LogP contribution in [0.2, 0.25) is 0 Å². The summed E-state index contributed by atoms with van der Waals surface area (Å²) in [5.41, 5.74) is 5.76. The molecule has 0 radical (unpaired) electrons. The molecule has 0 aromatic heterocycles. The molecule has 1 aromatic rings. The largest absolute Gasteiger partial charge is 0.0991 e. The van der Waals surface area contributed by atoms with Crippen molar-refractivity contribution in [3.05, 3.63) is 106 Å². The van der Waals surface area contributed by atoms with Gasteiger partial charge in [-0.15, -0.1) is 0 Å². The van der Waals surface area contributed by atoms with Crippen molar-refractivity contribution in [3.8, 4) is 0 Å². The van der Waals surface area contributed by atoms with Crippen molar-refractivity contribution in [2.75, 3.05) is 0 Å². The van der Waals surface area contributed by atoms with Crippen LogP contribution in [0.1, 0.15) is 31.4 Å². The van der Waals surface area contributed by atoms with Gasteiger partial charge in [0, 0.05) is 8.99 Å². The molecule has 124 valence electrons. The van der Waals surface area contributed by atoms with Gasteiger partial charge in [-0.25, -0.2) is 0 Å². The van der Waals surface area contributed by atoms with Crippen LogP contribution in [0.15, 0.2) is 94.7 Å². The predicted molar refractivity (Wildman–Crippen MR) is 116 cm³/mol. The first-order valence-corrected chi connectivity index (χ1v) is 9.32. The Balaban J connectivity index is 2.24. The van der Waals surface area contributed by atoms with E-state index in [1.165, 1.54) is 25.9 Å². The molecule has 0 saturated carbocycles. The normalized spacial score (nSPS) is 18.9. The minimum atomic E-state index is 0.0950. The molecule has 1 aliphatic rings. The van der Waals surface area contributed by atoms with E-state index in [4.69, 9.17) is 0 Å². The fraction of sp³-hybridized carbons (Fsp3) is 0.217. The lowest BCUT2D eigenvalue weighted by molar-refractivity contribution is 0.643. The van der Waals surface area contributed by atoms with Crippen LogP contribution in [0.4, 0.5) is 0 Å². The van der Waals surface area contributed by atoms with Gasteiger partial charge in [-0.1, -0.05) is 93.3 Å². The third-order valence-corrected chi connectivity index (χ3v) is 5.19. The first-order valence-electron chi connectivity index (χ1n) is 8.25. The number of allylic oxidation sites excluding steroid dienone is 10. The van der Waals surface area contributed by atoms with Crippen molar-refractivity contribution in [3.63, 3.8) is 0 Å². The van der Waals surface area contributed by atoms with Crippen molar-refractivity contribution >= 4 is 22.6 Å². The van der Waals surface area contributed by atoms with Gasteiger partial charge >= 0.3 is 0 Å². The van der Waals surface area contributed by atoms with E-state index in [1.807, 2.05) is 18.2 Å². The van der Waals surface area contributed by atoms with Crippen LogP contribution in [0.25, 0.3) is 0 Å². The smallest absolute Gasteiger partial charge is 0.0127 e. The third kappa shape index (κ3) is 4.47. The summed E-state index contributed by atoms with van der Waals surface area (Å²) in [5.74, 6) is 0. The summed E-state index contributed by atoms with van der Waals surface area (Å²) in [6, 6.07) is 8.78. The Hall–Kier alpha value is -1.61. The predicted octanol–water partition coefficient (Wildman–Crippen LogP) is 7.01. The quantitative estimate of drug-likeness (QED) is 0.338. The maximum absolute atomic E-state index is 3.87. The van der Waals surface area contributed by atoms with Gasteiger partial charge in [0.25, 0.3) is 0 Å². The van der Waals surface area contributed by atoms with Gasteiger partial charge in [-0.05, 0) is 58.2 Å². The average Bonchev–Trinajstić information content (AvgIpc) is 2.79. The maximum Gasteiger partial charge on any atom is 0.0127 e. The minimum Gasteiger partial charge on any atom is -0.0991 e. The Morgan fingerprint density at radius 3 is 2.54 bits per heavy atom. The number of hydrogen-bond acceptors (Lipinski definition) is 0. The lowest BCUT2D eigenvalue weighted by Gasteiger charge is -2.22. The standard InChI is InChI=1S/C23H25I/c1-5-10-18(12-9-14-21(24)11-6-2)16-20-17-19-13-7-8-15-22(19)23(20,3)4/h5-11,13-16H,1-2,12,17H2,3-4H3/b14-9-,18-10-,20-16+,21-11+. The molecule has 0 unspecified atom stereocenters. The van der Waals surface area contributed by atoms with Crippen LogP contribution in [0.3, 0.4) is 0 Å². The van der Waals surface area contributed by atoms with Gasteiger partial charge in [-0.3, -0.25) is 0 Å². The highest BCUT2D eigenvalue weighted by molar-refractivity contribution is 14.1. The Morgan fingerprint density at radius 1 is 1.17 bits per heavy atom. The van der Waals surface area contributed by atoms with Gasteiger partial charge in [0.2, 0.25) is 0 Å². The van der Waals surface area contributed by atoms with Crippen LogP contribution in [-0.4, -0.2) is 0 Å². The van der Waals surface area contributed by atoms with Crippen molar-refractivity contribution in [2.45, 2.75) is 32.1 Å². The summed E-state index contributed by atoms with van der Waals surface area (Å²) in [6.07, 6.45) is 16.4. The van der Waals surface area contributed by atoms with Crippen molar-refractivity contribution in [2.24, 2.45) is 0 Å². The highest BCUT2D eigenvalue weighted by atomic mass is 127. The summed E-state index contributed by atoms with van der Waals surface area (Å²) in [5, 5.41) is 0. The number of fused-ring (bicyclic) bond motifs is 1. The molecule has 1 aromatic carbocycles. The van der Waals surface area contributed by atoms with Crippen LogP contribution >= 0.6 is 22.6 Å². The van der Waals surface area contributed by atoms with Gasteiger partial charge in [0.05, 0.1) is 0 Å². The van der Waals surface area contributed by atoms with E-state index in [0.717, 1.165) is 12.8 Å². The Bertz CT molecular complexity index is 739. The second-order valence-electron chi connectivity index (χ2n) is 6.50. The van der Waals surface area contributed by atoms with E-state index in [2.05, 4.69) is 98.2 Å². The zero-order valence-electron chi connectivity index (χ0n) is 14.6. The van der Waals surface area contributed by atoms with E-state index >= 15 is 0 Å². The van der Waals surface area contributed by atoms with Crippen molar-refractivity contribution in [1.29, 1.82) is 0 Å². The summed E-state index contributed by atoms with van der Waals surface area (Å²) < 4.78 is 1.18. The van der Waals surface area contributed by atoms with Crippen LogP contribution in [-0.2, 0) is 11.8 Å². The molecule has 1 aliphatic carbocycles. The fourth-order valence-corrected chi connectivity index (χ4v) is 3.65. The maximum atomic E-state index is 3.87. The molecular formula is C23H25I. The molecule has 0 nitrogen and oxygen atoms in total. The Labute approximate surface area is 160 Å². The Kier molecular flexibility index (Phi) is 6.61. The molecule has 0 heterocycles. The van der Waals surface area contributed by atoms with E-state index in [0.29, 0.717) is 0 Å². The summed E-state index contributed by atoms with van der Waals surface area (Å²) in [7, 11) is 0. The zero-order valence-corrected chi connectivity index (χ0v) is 16.7. The molecular weight excluding hydrogens is 403 g/mol. The molecule has 1 heteroatoms. The van der Waals surface area contributed by atoms with Crippen molar-refractivity contribution in [1.82, 2.24) is 0 Å². The minimum absolute atomic E-state index is 0.0950. The molecule has 0 saturated heterocycles. The number of benzene rings is 1. The van der Waals surface area contributed by atoms with E-state index in [9.17, 15) is 0 Å². The zero-order chi connectivity index (χ0) is 17.6. The second kappa shape index (κ2) is 8.48. The summed E-state index contributed by atoms with van der Waals surface area (Å²) in [4.78, 5) is 0. The molecule has 24 heavy (non-hydrogen) atoms. The Morgan fingerprint density at radius 2 is 1.88 bits per heavy atom. The van der Waals surface area contributed by atoms with Gasteiger partial charge in [0.15, 0.2) is 0 Å². The SMILES string of the molecule is C=C/C=C(\C=C1/Cc2ccccc2C1(C)C)C/C=C\C(I)=C/C=C. The van der Waals surface area contributed by atoms with E-state index < -0.39 is 0 Å². The van der Waals surface area contributed by atoms with Gasteiger partial charge in [-0.2, -0.15) is 0 Å². The monoisotopic (exact) mass is 428 g/mol. The molecule has 0 atom stereocenters.